The number of unbranched alkanes of at least 4 members (excludes halogenated alkanes) is 10. The molecule has 0 radical (unpaired) electrons. The van der Waals surface area contributed by atoms with Gasteiger partial charge in [-0.05, 0) is 12.0 Å². The first-order valence-electron chi connectivity index (χ1n) is 9.52. The molecule has 0 aliphatic heterocycles. The Morgan fingerprint density at radius 2 is 1.30 bits per heavy atom. The van der Waals surface area contributed by atoms with Crippen LogP contribution in [0.15, 0.2) is 30.3 Å². The molecule has 0 N–H and O–H groups in total. The molecule has 2 heteroatoms. The molecule has 0 atom stereocenters. The van der Waals surface area contributed by atoms with Crippen molar-refractivity contribution >= 4 is 16.9 Å². The van der Waals surface area contributed by atoms with Gasteiger partial charge in [0.25, 0.3) is 0 Å². The lowest BCUT2D eigenvalue weighted by molar-refractivity contribution is -0.111. The number of carbonyl (C=O) groups excluding carboxylic acids is 1. The summed E-state index contributed by atoms with van der Waals surface area (Å²) >= 11 is 1.47. The first-order valence-corrected chi connectivity index (χ1v) is 10.5. The highest BCUT2D eigenvalue weighted by Crippen LogP contribution is 2.17. The van der Waals surface area contributed by atoms with E-state index in [0.29, 0.717) is 5.12 Å². The normalized spacial score (nSPS) is 10.8. The van der Waals surface area contributed by atoms with E-state index in [2.05, 4.69) is 19.1 Å². The third kappa shape index (κ3) is 12.3. The van der Waals surface area contributed by atoms with Crippen LogP contribution in [0.1, 0.15) is 89.5 Å². The van der Waals surface area contributed by atoms with Crippen molar-refractivity contribution in [1.29, 1.82) is 0 Å². The second kappa shape index (κ2) is 14.8. The Morgan fingerprint density at radius 3 is 1.87 bits per heavy atom. The van der Waals surface area contributed by atoms with Gasteiger partial charge < -0.3 is 0 Å². The molecule has 1 rings (SSSR count). The van der Waals surface area contributed by atoms with Crippen LogP contribution < -0.4 is 0 Å². The Morgan fingerprint density at radius 1 is 0.783 bits per heavy atom. The van der Waals surface area contributed by atoms with Gasteiger partial charge in [0.05, 0.1) is 0 Å². The fraction of sp³-hybridized carbons (Fsp3) is 0.667. The standard InChI is InChI=1S/C21H34OS/c1-2-3-4-5-6-7-8-9-10-11-15-18-21(22)23-19-20-16-13-12-14-17-20/h12-14,16-17H,2-11,15,18-19H2,1H3. The van der Waals surface area contributed by atoms with Crippen molar-refractivity contribution in [3.63, 3.8) is 0 Å². The van der Waals surface area contributed by atoms with Gasteiger partial charge >= 0.3 is 0 Å². The molecule has 0 heterocycles. The van der Waals surface area contributed by atoms with Crippen LogP contribution in [0.3, 0.4) is 0 Å². The lowest BCUT2D eigenvalue weighted by Crippen LogP contribution is -1.93. The van der Waals surface area contributed by atoms with E-state index in [-0.39, 0.29) is 0 Å². The number of thioether (sulfide) groups is 1. The van der Waals surface area contributed by atoms with E-state index in [1.165, 1.54) is 81.5 Å². The topological polar surface area (TPSA) is 17.1 Å². The number of benzene rings is 1. The zero-order valence-electron chi connectivity index (χ0n) is 14.9. The van der Waals surface area contributed by atoms with E-state index in [1.807, 2.05) is 18.2 Å². The molecule has 0 unspecified atom stereocenters. The lowest BCUT2D eigenvalue weighted by atomic mass is 10.1. The van der Waals surface area contributed by atoms with Gasteiger partial charge in [0, 0.05) is 12.2 Å². The van der Waals surface area contributed by atoms with Crippen molar-refractivity contribution < 1.29 is 4.79 Å². The average Bonchev–Trinajstić information content (AvgIpc) is 2.59. The number of hydrogen-bond acceptors (Lipinski definition) is 2. The zero-order valence-corrected chi connectivity index (χ0v) is 15.7. The summed E-state index contributed by atoms with van der Waals surface area (Å²) in [7, 11) is 0. The third-order valence-corrected chi connectivity index (χ3v) is 5.23. The predicted molar refractivity (Wildman–Crippen MR) is 104 cm³/mol. The lowest BCUT2D eigenvalue weighted by Gasteiger charge is -2.03. The van der Waals surface area contributed by atoms with E-state index in [0.717, 1.165) is 18.6 Å². The summed E-state index contributed by atoms with van der Waals surface area (Å²) in [6.45, 7) is 2.27. The quantitative estimate of drug-likeness (QED) is 0.336. The first kappa shape index (κ1) is 20.3. The molecular formula is C21H34OS. The molecule has 0 fully saturated rings. The van der Waals surface area contributed by atoms with Crippen LogP contribution in [-0.4, -0.2) is 5.12 Å². The molecule has 0 amide bonds. The van der Waals surface area contributed by atoms with E-state index in [4.69, 9.17) is 0 Å². The highest BCUT2D eigenvalue weighted by molar-refractivity contribution is 8.12. The minimum Gasteiger partial charge on any atom is -0.287 e. The van der Waals surface area contributed by atoms with Crippen molar-refractivity contribution in [2.24, 2.45) is 0 Å². The maximum atomic E-state index is 11.8. The largest absolute Gasteiger partial charge is 0.287 e. The van der Waals surface area contributed by atoms with Gasteiger partial charge in [0.1, 0.15) is 0 Å². The minimum atomic E-state index is 0.352. The van der Waals surface area contributed by atoms with E-state index in [1.54, 1.807) is 0 Å². The highest BCUT2D eigenvalue weighted by atomic mass is 32.2. The second-order valence-electron chi connectivity index (χ2n) is 6.43. The SMILES string of the molecule is CCCCCCCCCCCCCC(=O)SCc1ccccc1. The molecule has 1 aromatic rings. The van der Waals surface area contributed by atoms with Crippen molar-refractivity contribution in [2.45, 2.75) is 89.7 Å². The molecule has 0 aliphatic rings. The third-order valence-electron chi connectivity index (χ3n) is 4.23. The summed E-state index contributed by atoms with van der Waals surface area (Å²) in [5.74, 6) is 0.817. The smallest absolute Gasteiger partial charge is 0.189 e. The molecule has 0 saturated carbocycles. The van der Waals surface area contributed by atoms with Crippen LogP contribution in [0.5, 0.6) is 0 Å². The van der Waals surface area contributed by atoms with Crippen LogP contribution in [0.4, 0.5) is 0 Å². The average molecular weight is 335 g/mol. The van der Waals surface area contributed by atoms with E-state index >= 15 is 0 Å². The Balaban J connectivity index is 1.84. The van der Waals surface area contributed by atoms with Crippen molar-refractivity contribution in [1.82, 2.24) is 0 Å². The van der Waals surface area contributed by atoms with Crippen molar-refractivity contribution in [3.05, 3.63) is 35.9 Å². The summed E-state index contributed by atoms with van der Waals surface area (Å²) in [5, 5.41) is 0.352. The van der Waals surface area contributed by atoms with Gasteiger partial charge in [-0.25, -0.2) is 0 Å². The molecule has 0 aromatic heterocycles. The summed E-state index contributed by atoms with van der Waals surface area (Å²) in [6.07, 6.45) is 15.4. The molecule has 1 nitrogen and oxygen atoms in total. The van der Waals surface area contributed by atoms with Gasteiger partial charge in [-0.2, -0.15) is 0 Å². The van der Waals surface area contributed by atoms with Crippen LogP contribution in [-0.2, 0) is 10.5 Å². The first-order chi connectivity index (χ1) is 11.3. The summed E-state index contributed by atoms with van der Waals surface area (Å²) in [5.41, 5.74) is 1.24. The molecular weight excluding hydrogens is 300 g/mol. The maximum Gasteiger partial charge on any atom is 0.189 e. The van der Waals surface area contributed by atoms with Crippen LogP contribution in [0, 0.1) is 0 Å². The molecule has 0 aliphatic carbocycles. The van der Waals surface area contributed by atoms with Gasteiger partial charge in [-0.3, -0.25) is 4.79 Å². The maximum absolute atomic E-state index is 11.8. The fourth-order valence-corrected chi connectivity index (χ4v) is 3.55. The molecule has 130 valence electrons. The number of hydrogen-bond donors (Lipinski definition) is 0. The fourth-order valence-electron chi connectivity index (χ4n) is 2.74. The monoisotopic (exact) mass is 334 g/mol. The van der Waals surface area contributed by atoms with Gasteiger partial charge in [-0.1, -0.05) is 113 Å². The Bertz CT molecular complexity index is 388. The minimum absolute atomic E-state index is 0.352. The van der Waals surface area contributed by atoms with Crippen molar-refractivity contribution in [2.75, 3.05) is 0 Å². The Labute approximate surface area is 147 Å². The van der Waals surface area contributed by atoms with Gasteiger partial charge in [0.15, 0.2) is 5.12 Å². The second-order valence-corrected chi connectivity index (χ2v) is 7.46. The Hall–Kier alpha value is -0.760. The summed E-state index contributed by atoms with van der Waals surface area (Å²) < 4.78 is 0. The predicted octanol–water partition coefficient (Wildman–Crippen LogP) is 7.15. The van der Waals surface area contributed by atoms with Gasteiger partial charge in [0.2, 0.25) is 0 Å². The number of carbonyl (C=O) groups is 1. The molecule has 0 saturated heterocycles. The molecule has 1 aromatic carbocycles. The Kier molecular flexibility index (Phi) is 13.1. The molecule has 0 bridgehead atoms. The van der Waals surface area contributed by atoms with E-state index < -0.39 is 0 Å². The van der Waals surface area contributed by atoms with Crippen LogP contribution >= 0.6 is 11.8 Å². The van der Waals surface area contributed by atoms with E-state index in [9.17, 15) is 4.79 Å². The number of rotatable bonds is 14. The van der Waals surface area contributed by atoms with Crippen molar-refractivity contribution in [3.8, 4) is 0 Å². The highest BCUT2D eigenvalue weighted by Gasteiger charge is 2.03. The van der Waals surface area contributed by atoms with Gasteiger partial charge in [-0.15, -0.1) is 0 Å². The summed E-state index contributed by atoms with van der Waals surface area (Å²) in [4.78, 5) is 11.8. The molecule has 0 spiro atoms. The zero-order chi connectivity index (χ0) is 16.6. The summed E-state index contributed by atoms with van der Waals surface area (Å²) in [6, 6.07) is 10.3. The molecule has 23 heavy (non-hydrogen) atoms. The van der Waals surface area contributed by atoms with Crippen LogP contribution in [0.25, 0.3) is 0 Å². The van der Waals surface area contributed by atoms with Crippen LogP contribution in [0.2, 0.25) is 0 Å².